The molecule has 0 aliphatic heterocycles. The number of methoxy groups -OCH3 is 1. The summed E-state index contributed by atoms with van der Waals surface area (Å²) >= 11 is 0. The van der Waals surface area contributed by atoms with Crippen molar-refractivity contribution >= 4 is 0 Å². The third-order valence-electron chi connectivity index (χ3n) is 2.27. The van der Waals surface area contributed by atoms with Gasteiger partial charge in [0.1, 0.15) is 13.2 Å². The second-order valence-corrected chi connectivity index (χ2v) is 3.52. The highest BCUT2D eigenvalue weighted by Gasteiger charge is 2.05. The maximum Gasteiger partial charge on any atom is 0.161 e. The van der Waals surface area contributed by atoms with Crippen LogP contribution in [-0.4, -0.2) is 27.3 Å². The summed E-state index contributed by atoms with van der Waals surface area (Å²) in [7, 11) is 3.68. The van der Waals surface area contributed by atoms with Gasteiger partial charge in [0.2, 0.25) is 0 Å². The Morgan fingerprint density at radius 3 is 2.81 bits per heavy atom. The smallest absolute Gasteiger partial charge is 0.161 e. The van der Waals surface area contributed by atoms with Crippen molar-refractivity contribution in [1.82, 2.24) is 0 Å². The Labute approximate surface area is 97.1 Å². The van der Waals surface area contributed by atoms with E-state index in [1.165, 1.54) is 5.56 Å². The fraction of sp³-hybridized carbons (Fsp3) is 0.385. The van der Waals surface area contributed by atoms with Crippen molar-refractivity contribution in [2.24, 2.45) is 0 Å². The first-order chi connectivity index (χ1) is 7.81. The monoisotopic (exact) mass is 222 g/mol. The number of hydrogen-bond donors (Lipinski definition) is 1. The molecule has 0 saturated heterocycles. The summed E-state index contributed by atoms with van der Waals surface area (Å²) in [5, 5.41) is 2.08. The summed E-state index contributed by atoms with van der Waals surface area (Å²) in [6.07, 6.45) is 2.72. The van der Waals surface area contributed by atoms with Gasteiger partial charge >= 0.3 is 0 Å². The van der Waals surface area contributed by atoms with Crippen molar-refractivity contribution < 1.29 is 14.8 Å². The summed E-state index contributed by atoms with van der Waals surface area (Å²) in [5.74, 6) is 1.59. The first-order valence-corrected chi connectivity index (χ1v) is 5.50. The Balaban J connectivity index is 2.72. The van der Waals surface area contributed by atoms with E-state index in [-0.39, 0.29) is 0 Å². The standard InChI is InChI=1S/C13H19NO2/c1-4-5-11-6-7-12(13(10-11)15-3)16-9-8-14-2/h4,6-7,10,14H,1,5,8-9H2,2-3H3/p+1. The molecule has 0 fully saturated rings. The van der Waals surface area contributed by atoms with Crippen LogP contribution in [0.3, 0.4) is 0 Å². The quantitative estimate of drug-likeness (QED) is 0.551. The number of ether oxygens (including phenoxy) is 2. The zero-order valence-corrected chi connectivity index (χ0v) is 10.0. The van der Waals surface area contributed by atoms with Gasteiger partial charge < -0.3 is 14.8 Å². The van der Waals surface area contributed by atoms with Crippen molar-refractivity contribution in [2.45, 2.75) is 6.42 Å². The summed E-state index contributed by atoms with van der Waals surface area (Å²) < 4.78 is 10.9. The van der Waals surface area contributed by atoms with Crippen molar-refractivity contribution in [3.8, 4) is 11.5 Å². The second kappa shape index (κ2) is 6.90. The van der Waals surface area contributed by atoms with Crippen LogP contribution >= 0.6 is 0 Å². The molecule has 2 N–H and O–H groups in total. The lowest BCUT2D eigenvalue weighted by atomic mass is 10.1. The molecule has 0 spiro atoms. The molecule has 3 nitrogen and oxygen atoms in total. The van der Waals surface area contributed by atoms with Gasteiger partial charge in [-0.2, -0.15) is 0 Å². The first kappa shape index (κ1) is 12.6. The number of hydrogen-bond acceptors (Lipinski definition) is 2. The normalized spacial score (nSPS) is 9.88. The third-order valence-corrected chi connectivity index (χ3v) is 2.27. The molecule has 0 aliphatic rings. The number of likely N-dealkylation sites (N-methyl/N-ethyl adjacent to an activating group) is 1. The summed E-state index contributed by atoms with van der Waals surface area (Å²) in [5.41, 5.74) is 1.18. The zero-order chi connectivity index (χ0) is 11.8. The molecule has 0 atom stereocenters. The van der Waals surface area contributed by atoms with Gasteiger partial charge in [0.25, 0.3) is 0 Å². The summed E-state index contributed by atoms with van der Waals surface area (Å²) in [6, 6.07) is 5.98. The molecule has 0 aliphatic carbocycles. The van der Waals surface area contributed by atoms with Gasteiger partial charge in [-0.1, -0.05) is 12.1 Å². The van der Waals surface area contributed by atoms with E-state index in [2.05, 4.69) is 11.9 Å². The van der Waals surface area contributed by atoms with Crippen LogP contribution in [0.15, 0.2) is 30.9 Å². The van der Waals surface area contributed by atoms with E-state index >= 15 is 0 Å². The van der Waals surface area contributed by atoms with Crippen LogP contribution in [0.1, 0.15) is 5.56 Å². The number of benzene rings is 1. The van der Waals surface area contributed by atoms with E-state index in [9.17, 15) is 0 Å². The van der Waals surface area contributed by atoms with Gasteiger partial charge in [-0.15, -0.1) is 6.58 Å². The molecule has 0 bridgehead atoms. The van der Waals surface area contributed by atoms with Crippen LogP contribution in [0.2, 0.25) is 0 Å². The number of rotatable bonds is 7. The predicted molar refractivity (Wildman–Crippen MR) is 65.1 cm³/mol. The topological polar surface area (TPSA) is 35.1 Å². The van der Waals surface area contributed by atoms with Gasteiger partial charge in [0.05, 0.1) is 14.2 Å². The Bertz CT molecular complexity index is 337. The maximum absolute atomic E-state index is 5.62. The van der Waals surface area contributed by atoms with Crippen LogP contribution in [0.25, 0.3) is 0 Å². The van der Waals surface area contributed by atoms with Crippen molar-refractivity contribution in [3.63, 3.8) is 0 Å². The minimum atomic E-state index is 0.688. The van der Waals surface area contributed by atoms with E-state index < -0.39 is 0 Å². The highest BCUT2D eigenvalue weighted by atomic mass is 16.5. The van der Waals surface area contributed by atoms with Gasteiger partial charge in [0.15, 0.2) is 11.5 Å². The highest BCUT2D eigenvalue weighted by molar-refractivity contribution is 5.43. The molecule has 16 heavy (non-hydrogen) atoms. The lowest BCUT2D eigenvalue weighted by molar-refractivity contribution is -0.627. The Hall–Kier alpha value is -1.48. The van der Waals surface area contributed by atoms with E-state index in [0.29, 0.717) is 6.61 Å². The molecular weight excluding hydrogens is 202 g/mol. The first-order valence-electron chi connectivity index (χ1n) is 5.50. The Morgan fingerprint density at radius 1 is 1.38 bits per heavy atom. The van der Waals surface area contributed by atoms with E-state index in [0.717, 1.165) is 24.5 Å². The summed E-state index contributed by atoms with van der Waals surface area (Å²) in [4.78, 5) is 0. The van der Waals surface area contributed by atoms with Crippen LogP contribution in [-0.2, 0) is 6.42 Å². The predicted octanol–water partition coefficient (Wildman–Crippen LogP) is 0.996. The van der Waals surface area contributed by atoms with E-state index in [4.69, 9.17) is 9.47 Å². The van der Waals surface area contributed by atoms with Crippen molar-refractivity contribution in [3.05, 3.63) is 36.4 Å². The van der Waals surface area contributed by atoms with E-state index in [1.807, 2.05) is 31.3 Å². The molecule has 0 heterocycles. The molecule has 0 aromatic heterocycles. The number of allylic oxidation sites excluding steroid dienone is 1. The molecule has 1 aromatic rings. The fourth-order valence-corrected chi connectivity index (χ4v) is 1.41. The lowest BCUT2D eigenvalue weighted by Crippen LogP contribution is -2.80. The molecule has 0 unspecified atom stereocenters. The Kier molecular flexibility index (Phi) is 5.43. The number of quaternary nitrogens is 1. The largest absolute Gasteiger partial charge is 0.493 e. The molecule has 88 valence electrons. The highest BCUT2D eigenvalue weighted by Crippen LogP contribution is 2.28. The minimum Gasteiger partial charge on any atom is -0.493 e. The van der Waals surface area contributed by atoms with E-state index in [1.54, 1.807) is 7.11 Å². The molecular formula is C13H20NO2+. The number of nitrogens with two attached hydrogens (primary N) is 1. The van der Waals surface area contributed by atoms with Crippen LogP contribution in [0.4, 0.5) is 0 Å². The molecule has 0 radical (unpaired) electrons. The fourth-order valence-electron chi connectivity index (χ4n) is 1.41. The van der Waals surface area contributed by atoms with Crippen molar-refractivity contribution in [2.75, 3.05) is 27.3 Å². The van der Waals surface area contributed by atoms with Gasteiger partial charge in [-0.05, 0) is 24.1 Å². The third kappa shape index (κ3) is 3.59. The maximum atomic E-state index is 5.62. The van der Waals surface area contributed by atoms with Crippen LogP contribution in [0.5, 0.6) is 11.5 Å². The average molecular weight is 222 g/mol. The minimum absolute atomic E-state index is 0.688. The molecule has 1 rings (SSSR count). The van der Waals surface area contributed by atoms with Gasteiger partial charge in [-0.3, -0.25) is 0 Å². The Morgan fingerprint density at radius 2 is 2.19 bits per heavy atom. The SMILES string of the molecule is C=CCc1ccc(OCC[NH2+]C)c(OC)c1. The average Bonchev–Trinajstić information content (AvgIpc) is 2.31. The van der Waals surface area contributed by atoms with Gasteiger partial charge in [0, 0.05) is 0 Å². The van der Waals surface area contributed by atoms with Gasteiger partial charge in [-0.25, -0.2) is 0 Å². The zero-order valence-electron chi connectivity index (χ0n) is 10.0. The molecule has 0 amide bonds. The molecule has 0 saturated carbocycles. The van der Waals surface area contributed by atoms with Crippen LogP contribution < -0.4 is 14.8 Å². The summed E-state index contributed by atoms with van der Waals surface area (Å²) in [6.45, 7) is 5.35. The lowest BCUT2D eigenvalue weighted by Gasteiger charge is -2.10. The second-order valence-electron chi connectivity index (χ2n) is 3.52. The van der Waals surface area contributed by atoms with Crippen molar-refractivity contribution in [1.29, 1.82) is 0 Å². The molecule has 1 aromatic carbocycles. The molecule has 3 heteroatoms. The van der Waals surface area contributed by atoms with Crippen LogP contribution in [0, 0.1) is 0 Å².